The van der Waals surface area contributed by atoms with E-state index in [1.54, 1.807) is 6.92 Å². The van der Waals surface area contributed by atoms with E-state index in [9.17, 15) is 10.1 Å². The minimum absolute atomic E-state index is 0.0186. The van der Waals surface area contributed by atoms with Crippen molar-refractivity contribution in [3.05, 3.63) is 64.9 Å². The highest BCUT2D eigenvalue weighted by atomic mass is 16.5. The van der Waals surface area contributed by atoms with Crippen LogP contribution in [-0.2, 0) is 16.1 Å². The summed E-state index contributed by atoms with van der Waals surface area (Å²) in [5, 5.41) is 17.8. The predicted molar refractivity (Wildman–Crippen MR) is 135 cm³/mol. The summed E-state index contributed by atoms with van der Waals surface area (Å²) in [7, 11) is 1.26. The highest BCUT2D eigenvalue weighted by molar-refractivity contribution is 5.87. The smallest absolute Gasteiger partial charge is 0.360 e. The second-order valence-electron chi connectivity index (χ2n) is 8.65. The number of aromatic nitrogens is 3. The van der Waals surface area contributed by atoms with Gasteiger partial charge in [0.2, 0.25) is 5.88 Å². The molecular weight excluding hydrogens is 490 g/mol. The first-order valence-electron chi connectivity index (χ1n) is 12.0. The average Bonchev–Trinajstić information content (AvgIpc) is 3.57. The van der Waals surface area contributed by atoms with Crippen molar-refractivity contribution in [2.45, 2.75) is 20.5 Å². The maximum Gasteiger partial charge on any atom is 0.360 e. The Bertz CT molecular complexity index is 1480. The van der Waals surface area contributed by atoms with Crippen LogP contribution in [0.15, 0.2) is 45.4 Å². The zero-order valence-corrected chi connectivity index (χ0v) is 21.2. The fraction of sp³-hybridized carbons (Fsp3) is 0.296. The van der Waals surface area contributed by atoms with E-state index in [1.807, 2.05) is 37.3 Å². The molecule has 0 unspecified atom stereocenters. The summed E-state index contributed by atoms with van der Waals surface area (Å²) >= 11 is 0. The van der Waals surface area contributed by atoms with E-state index in [2.05, 4.69) is 31.0 Å². The Morgan fingerprint density at radius 1 is 1.11 bits per heavy atom. The van der Waals surface area contributed by atoms with Gasteiger partial charge in [-0.2, -0.15) is 5.26 Å². The van der Waals surface area contributed by atoms with Crippen molar-refractivity contribution in [3.8, 4) is 34.3 Å². The third-order valence-corrected chi connectivity index (χ3v) is 6.24. The Kier molecular flexibility index (Phi) is 7.06. The lowest BCUT2D eigenvalue weighted by atomic mass is 9.97. The van der Waals surface area contributed by atoms with Gasteiger partial charge in [0.25, 0.3) is 0 Å². The van der Waals surface area contributed by atoms with Gasteiger partial charge in [-0.15, -0.1) is 0 Å². The highest BCUT2D eigenvalue weighted by Crippen LogP contribution is 2.37. The van der Waals surface area contributed by atoms with Crippen LogP contribution in [0.5, 0.6) is 5.88 Å². The number of anilines is 1. The number of carbonyl (C=O) groups excluding carboxylic acids is 1. The number of carbonyl (C=O) groups is 1. The third-order valence-electron chi connectivity index (χ3n) is 6.24. The van der Waals surface area contributed by atoms with Crippen LogP contribution in [-0.4, -0.2) is 54.7 Å². The van der Waals surface area contributed by atoms with Gasteiger partial charge in [0, 0.05) is 41.5 Å². The van der Waals surface area contributed by atoms with E-state index in [-0.39, 0.29) is 29.5 Å². The molecule has 3 aromatic heterocycles. The lowest BCUT2D eigenvalue weighted by Gasteiger charge is -2.28. The first kappa shape index (κ1) is 25.0. The minimum Gasteiger partial charge on any atom is -0.468 e. The molecule has 1 aliphatic heterocycles. The summed E-state index contributed by atoms with van der Waals surface area (Å²) in [5.41, 5.74) is 4.72. The van der Waals surface area contributed by atoms with Crippen LogP contribution in [0.25, 0.3) is 22.4 Å². The number of rotatable bonds is 7. The number of benzene rings is 1. The van der Waals surface area contributed by atoms with Crippen molar-refractivity contribution in [2.24, 2.45) is 0 Å². The molecule has 4 heterocycles. The monoisotopic (exact) mass is 515 g/mol. The van der Waals surface area contributed by atoms with Crippen molar-refractivity contribution >= 4 is 11.7 Å². The quantitative estimate of drug-likeness (QED) is 0.329. The summed E-state index contributed by atoms with van der Waals surface area (Å²) < 4.78 is 26.6. The molecule has 0 saturated carbocycles. The second kappa shape index (κ2) is 10.7. The van der Waals surface area contributed by atoms with Gasteiger partial charge in [-0.25, -0.2) is 9.78 Å². The Labute approximate surface area is 218 Å². The molecule has 38 heavy (non-hydrogen) atoms. The maximum absolute atomic E-state index is 11.7. The van der Waals surface area contributed by atoms with E-state index < -0.39 is 5.97 Å². The summed E-state index contributed by atoms with van der Waals surface area (Å²) in [5.74, 6) is 0.324. The van der Waals surface area contributed by atoms with Gasteiger partial charge in [-0.3, -0.25) is 0 Å². The Morgan fingerprint density at radius 3 is 2.53 bits per heavy atom. The predicted octanol–water partition coefficient (Wildman–Crippen LogP) is 4.08. The van der Waals surface area contributed by atoms with Crippen molar-refractivity contribution in [2.75, 3.05) is 38.3 Å². The normalized spacial score (nSPS) is 13.3. The first-order chi connectivity index (χ1) is 18.5. The molecule has 0 amide bonds. The number of methoxy groups -OCH3 is 1. The molecule has 4 aromatic rings. The molecule has 1 fully saturated rings. The number of esters is 1. The topological polar surface area (TPSA) is 137 Å². The number of aryl methyl sites for hydroxylation is 2. The molecule has 0 N–H and O–H groups in total. The van der Waals surface area contributed by atoms with Gasteiger partial charge in [-0.1, -0.05) is 22.4 Å². The summed E-state index contributed by atoms with van der Waals surface area (Å²) in [6.07, 6.45) is 0. The van der Waals surface area contributed by atoms with Crippen molar-refractivity contribution in [1.82, 2.24) is 15.3 Å². The zero-order chi connectivity index (χ0) is 26.6. The van der Waals surface area contributed by atoms with Crippen LogP contribution < -0.4 is 9.64 Å². The van der Waals surface area contributed by atoms with E-state index in [4.69, 9.17) is 18.5 Å². The molecule has 0 radical (unpaired) electrons. The lowest BCUT2D eigenvalue weighted by Crippen LogP contribution is -2.36. The molecule has 194 valence electrons. The molecule has 5 rings (SSSR count). The first-order valence-corrected chi connectivity index (χ1v) is 12.0. The van der Waals surface area contributed by atoms with Crippen LogP contribution in [0.4, 0.5) is 5.69 Å². The molecule has 1 aliphatic rings. The molecule has 0 atom stereocenters. The van der Waals surface area contributed by atoms with Crippen LogP contribution in [0.1, 0.15) is 33.3 Å². The van der Waals surface area contributed by atoms with Crippen molar-refractivity contribution < 1.29 is 28.1 Å². The average molecular weight is 516 g/mol. The van der Waals surface area contributed by atoms with Crippen LogP contribution in [0.3, 0.4) is 0 Å². The van der Waals surface area contributed by atoms with E-state index in [0.717, 1.165) is 24.3 Å². The summed E-state index contributed by atoms with van der Waals surface area (Å²) in [4.78, 5) is 18.6. The minimum atomic E-state index is -0.626. The van der Waals surface area contributed by atoms with E-state index in [0.29, 0.717) is 41.5 Å². The van der Waals surface area contributed by atoms with E-state index >= 15 is 0 Å². The standard InChI is InChI=1S/C27H25N5O6/c1-16-25(17(2)37-30-16)21-13-23(18-4-6-19(7-5-18)32-8-10-35-11-9-32)29-26(22(21)14-28)36-15-20-12-24(31-38-20)27(33)34-3/h4-7,12-13H,8-11,15H2,1-3H3. The van der Waals surface area contributed by atoms with Crippen molar-refractivity contribution in [1.29, 1.82) is 5.26 Å². The number of nitriles is 1. The van der Waals surface area contributed by atoms with Crippen LogP contribution in [0, 0.1) is 25.2 Å². The molecule has 0 spiro atoms. The number of pyridine rings is 1. The molecule has 11 heteroatoms. The van der Waals surface area contributed by atoms with Gasteiger partial charge in [0.05, 0.1) is 31.7 Å². The van der Waals surface area contributed by atoms with Crippen molar-refractivity contribution in [3.63, 3.8) is 0 Å². The SMILES string of the molecule is COC(=O)c1cc(COc2nc(-c3ccc(N4CCOCC4)cc3)cc(-c3c(C)noc3C)c2C#N)on1. The molecule has 1 saturated heterocycles. The van der Waals surface area contributed by atoms with Gasteiger partial charge in [0.15, 0.2) is 18.1 Å². The maximum atomic E-state index is 11.7. The second-order valence-corrected chi connectivity index (χ2v) is 8.65. The number of hydrogen-bond donors (Lipinski definition) is 0. The largest absolute Gasteiger partial charge is 0.468 e. The van der Waals surface area contributed by atoms with Gasteiger partial charge in [0.1, 0.15) is 17.4 Å². The van der Waals surface area contributed by atoms with Gasteiger partial charge < -0.3 is 28.2 Å². The zero-order valence-electron chi connectivity index (χ0n) is 21.2. The number of ether oxygens (including phenoxy) is 3. The molecule has 0 aliphatic carbocycles. The van der Waals surface area contributed by atoms with Gasteiger partial charge in [-0.05, 0) is 32.0 Å². The Balaban J connectivity index is 1.53. The van der Waals surface area contributed by atoms with E-state index in [1.165, 1.54) is 13.2 Å². The van der Waals surface area contributed by atoms with Crippen LogP contribution >= 0.6 is 0 Å². The fourth-order valence-electron chi connectivity index (χ4n) is 4.33. The summed E-state index contributed by atoms with van der Waals surface area (Å²) in [6, 6.07) is 13.5. The molecule has 1 aromatic carbocycles. The third kappa shape index (κ3) is 4.94. The number of morpholine rings is 1. The van der Waals surface area contributed by atoms with Gasteiger partial charge >= 0.3 is 5.97 Å². The lowest BCUT2D eigenvalue weighted by molar-refractivity contribution is 0.0589. The molecule has 11 nitrogen and oxygen atoms in total. The number of nitrogens with zero attached hydrogens (tertiary/aromatic N) is 5. The Morgan fingerprint density at radius 2 is 1.87 bits per heavy atom. The molecule has 0 bridgehead atoms. The summed E-state index contributed by atoms with van der Waals surface area (Å²) in [6.45, 7) is 6.57. The highest BCUT2D eigenvalue weighted by Gasteiger charge is 2.23. The van der Waals surface area contributed by atoms with Crippen LogP contribution in [0.2, 0.25) is 0 Å². The fourth-order valence-corrected chi connectivity index (χ4v) is 4.33. The number of hydrogen-bond acceptors (Lipinski definition) is 11. The Hall–Kier alpha value is -4.69. The molecular formula is C27H25N5O6.